The molecule has 0 spiro atoms. The van der Waals surface area contributed by atoms with Crippen molar-refractivity contribution in [1.82, 2.24) is 0 Å². The van der Waals surface area contributed by atoms with Crippen LogP contribution in [0, 0.1) is 5.92 Å². The standard InChI is InChI=1S/C13H26O3/c1-12(11-13(15)16)9-7-5-3-2-4-6-8-10-14/h12,14H,2-11H2,1H3,(H,15,16)/t12-/m1/s1. The molecule has 3 nitrogen and oxygen atoms in total. The molecular weight excluding hydrogens is 204 g/mol. The van der Waals surface area contributed by atoms with Gasteiger partial charge in [0.05, 0.1) is 0 Å². The first-order valence-electron chi connectivity index (χ1n) is 6.49. The summed E-state index contributed by atoms with van der Waals surface area (Å²) >= 11 is 0. The molecule has 1 atom stereocenters. The number of hydrogen-bond acceptors (Lipinski definition) is 2. The van der Waals surface area contributed by atoms with E-state index in [2.05, 4.69) is 0 Å². The predicted octanol–water partition coefficient (Wildman–Crippen LogP) is 3.21. The van der Waals surface area contributed by atoms with Crippen LogP contribution in [0.2, 0.25) is 0 Å². The van der Waals surface area contributed by atoms with E-state index in [9.17, 15) is 4.79 Å². The van der Waals surface area contributed by atoms with Crippen LogP contribution in [0.3, 0.4) is 0 Å². The molecule has 3 heteroatoms. The summed E-state index contributed by atoms with van der Waals surface area (Å²) in [5.74, 6) is -0.372. The molecule has 0 aliphatic rings. The molecule has 0 saturated heterocycles. The lowest BCUT2D eigenvalue weighted by molar-refractivity contribution is -0.138. The zero-order valence-electron chi connectivity index (χ0n) is 10.5. The fourth-order valence-electron chi connectivity index (χ4n) is 1.89. The average molecular weight is 230 g/mol. The van der Waals surface area contributed by atoms with Crippen LogP contribution in [-0.4, -0.2) is 22.8 Å². The SMILES string of the molecule is C[C@H](CCCCCCCCCO)CC(=O)O. The van der Waals surface area contributed by atoms with Gasteiger partial charge in [-0.05, 0) is 12.3 Å². The highest BCUT2D eigenvalue weighted by atomic mass is 16.4. The molecule has 0 amide bonds. The lowest BCUT2D eigenvalue weighted by atomic mass is 9.99. The van der Waals surface area contributed by atoms with E-state index < -0.39 is 5.97 Å². The molecule has 0 fully saturated rings. The molecule has 0 heterocycles. The second-order valence-corrected chi connectivity index (χ2v) is 4.69. The van der Waals surface area contributed by atoms with Gasteiger partial charge in [0.2, 0.25) is 0 Å². The third-order valence-corrected chi connectivity index (χ3v) is 2.88. The third kappa shape index (κ3) is 11.5. The van der Waals surface area contributed by atoms with E-state index in [-0.39, 0.29) is 0 Å². The van der Waals surface area contributed by atoms with Crippen molar-refractivity contribution >= 4 is 5.97 Å². The number of unbranched alkanes of at least 4 members (excludes halogenated alkanes) is 6. The molecule has 0 aliphatic heterocycles. The summed E-state index contributed by atoms with van der Waals surface area (Å²) in [5, 5.41) is 17.2. The van der Waals surface area contributed by atoms with Crippen molar-refractivity contribution < 1.29 is 15.0 Å². The maximum atomic E-state index is 10.4. The van der Waals surface area contributed by atoms with Crippen LogP contribution in [0.4, 0.5) is 0 Å². The molecule has 0 aromatic carbocycles. The Morgan fingerprint density at radius 1 is 1.00 bits per heavy atom. The Bertz CT molecular complexity index is 169. The van der Waals surface area contributed by atoms with Gasteiger partial charge in [0, 0.05) is 13.0 Å². The molecule has 0 bridgehead atoms. The highest BCUT2D eigenvalue weighted by Gasteiger charge is 2.06. The van der Waals surface area contributed by atoms with Crippen molar-refractivity contribution in [3.63, 3.8) is 0 Å². The van der Waals surface area contributed by atoms with Crippen LogP contribution in [0.1, 0.15) is 64.7 Å². The van der Waals surface area contributed by atoms with Gasteiger partial charge in [0.25, 0.3) is 0 Å². The van der Waals surface area contributed by atoms with Crippen molar-refractivity contribution in [3.05, 3.63) is 0 Å². The molecule has 0 saturated carbocycles. The summed E-state index contributed by atoms with van der Waals surface area (Å²) in [5.41, 5.74) is 0. The number of aliphatic hydroxyl groups excluding tert-OH is 1. The minimum Gasteiger partial charge on any atom is -0.481 e. The van der Waals surface area contributed by atoms with Crippen molar-refractivity contribution in [3.8, 4) is 0 Å². The Hall–Kier alpha value is -0.570. The van der Waals surface area contributed by atoms with Gasteiger partial charge in [-0.1, -0.05) is 51.9 Å². The fourth-order valence-corrected chi connectivity index (χ4v) is 1.89. The highest BCUT2D eigenvalue weighted by molar-refractivity contribution is 5.66. The number of aliphatic carboxylic acids is 1. The number of carboxylic acid groups (broad SMARTS) is 1. The Labute approximate surface area is 98.9 Å². The van der Waals surface area contributed by atoms with Crippen LogP contribution in [0.15, 0.2) is 0 Å². The van der Waals surface area contributed by atoms with E-state index in [4.69, 9.17) is 10.2 Å². The molecule has 0 aromatic rings. The number of carbonyl (C=O) groups is 1. The highest BCUT2D eigenvalue weighted by Crippen LogP contribution is 2.14. The Morgan fingerprint density at radius 2 is 1.50 bits per heavy atom. The van der Waals surface area contributed by atoms with Crippen molar-refractivity contribution in [2.75, 3.05) is 6.61 Å². The summed E-state index contributed by atoms with van der Waals surface area (Å²) in [6.45, 7) is 2.32. The number of carboxylic acids is 1. The minimum atomic E-state index is -0.684. The van der Waals surface area contributed by atoms with E-state index in [1.807, 2.05) is 6.92 Å². The molecule has 96 valence electrons. The maximum absolute atomic E-state index is 10.4. The van der Waals surface area contributed by atoms with E-state index in [1.165, 1.54) is 25.7 Å². The Balaban J connectivity index is 3.11. The van der Waals surface area contributed by atoms with Gasteiger partial charge in [0.1, 0.15) is 0 Å². The van der Waals surface area contributed by atoms with Crippen LogP contribution < -0.4 is 0 Å². The van der Waals surface area contributed by atoms with E-state index in [0.29, 0.717) is 18.9 Å². The summed E-state index contributed by atoms with van der Waals surface area (Å²) in [6, 6.07) is 0. The summed E-state index contributed by atoms with van der Waals surface area (Å²) in [6.07, 6.45) is 9.45. The number of aliphatic hydroxyl groups is 1. The Kier molecular flexibility index (Phi) is 10.5. The van der Waals surface area contributed by atoms with Gasteiger partial charge in [-0.15, -0.1) is 0 Å². The van der Waals surface area contributed by atoms with Crippen LogP contribution in [0.25, 0.3) is 0 Å². The average Bonchev–Trinajstić information content (AvgIpc) is 2.21. The molecule has 0 aromatic heterocycles. The summed E-state index contributed by atoms with van der Waals surface area (Å²) in [7, 11) is 0. The molecule has 0 aliphatic carbocycles. The van der Waals surface area contributed by atoms with Gasteiger partial charge in [-0.25, -0.2) is 0 Å². The molecule has 2 N–H and O–H groups in total. The normalized spacial score (nSPS) is 12.6. The van der Waals surface area contributed by atoms with E-state index in [1.54, 1.807) is 0 Å². The van der Waals surface area contributed by atoms with Crippen LogP contribution >= 0.6 is 0 Å². The van der Waals surface area contributed by atoms with E-state index in [0.717, 1.165) is 25.7 Å². The Morgan fingerprint density at radius 3 is 2.00 bits per heavy atom. The van der Waals surface area contributed by atoms with Crippen molar-refractivity contribution in [2.24, 2.45) is 5.92 Å². The second kappa shape index (κ2) is 10.9. The molecule has 0 unspecified atom stereocenters. The number of hydrogen-bond donors (Lipinski definition) is 2. The quantitative estimate of drug-likeness (QED) is 0.536. The first-order chi connectivity index (χ1) is 7.66. The molecule has 16 heavy (non-hydrogen) atoms. The largest absolute Gasteiger partial charge is 0.481 e. The van der Waals surface area contributed by atoms with E-state index >= 15 is 0 Å². The van der Waals surface area contributed by atoms with Gasteiger partial charge in [-0.3, -0.25) is 4.79 Å². The van der Waals surface area contributed by atoms with Gasteiger partial charge in [0.15, 0.2) is 0 Å². The fraction of sp³-hybridized carbons (Fsp3) is 0.923. The smallest absolute Gasteiger partial charge is 0.303 e. The number of rotatable bonds is 11. The maximum Gasteiger partial charge on any atom is 0.303 e. The van der Waals surface area contributed by atoms with Crippen LogP contribution in [0.5, 0.6) is 0 Å². The lowest BCUT2D eigenvalue weighted by Gasteiger charge is -2.07. The minimum absolute atomic E-state index is 0.302. The zero-order valence-corrected chi connectivity index (χ0v) is 10.5. The first kappa shape index (κ1) is 15.4. The van der Waals surface area contributed by atoms with Gasteiger partial charge < -0.3 is 10.2 Å². The van der Waals surface area contributed by atoms with Gasteiger partial charge >= 0.3 is 5.97 Å². The molecular formula is C13H26O3. The topological polar surface area (TPSA) is 57.5 Å². The van der Waals surface area contributed by atoms with Gasteiger partial charge in [-0.2, -0.15) is 0 Å². The molecule has 0 radical (unpaired) electrons. The zero-order chi connectivity index (χ0) is 12.2. The summed E-state index contributed by atoms with van der Waals surface area (Å²) < 4.78 is 0. The molecule has 0 rings (SSSR count). The third-order valence-electron chi connectivity index (χ3n) is 2.88. The van der Waals surface area contributed by atoms with Crippen molar-refractivity contribution in [2.45, 2.75) is 64.7 Å². The lowest BCUT2D eigenvalue weighted by Crippen LogP contribution is -2.03. The monoisotopic (exact) mass is 230 g/mol. The van der Waals surface area contributed by atoms with Crippen LogP contribution in [-0.2, 0) is 4.79 Å². The second-order valence-electron chi connectivity index (χ2n) is 4.69. The van der Waals surface area contributed by atoms with Crippen molar-refractivity contribution in [1.29, 1.82) is 0 Å². The first-order valence-corrected chi connectivity index (χ1v) is 6.49. The predicted molar refractivity (Wildman–Crippen MR) is 65.4 cm³/mol. The summed E-state index contributed by atoms with van der Waals surface area (Å²) in [4.78, 5) is 10.4.